The van der Waals surface area contributed by atoms with Crippen molar-refractivity contribution in [2.45, 2.75) is 19.6 Å². The standard InChI is InChI=1S/C12H19ClNO5P/c1-4-18-20(16,19-5-2)12(14)8-6-9(13)11(15)10(7-8)17-3/h6-7,12,15H,4-5,14H2,1-3H3/t12-/m1/s1. The lowest BCUT2D eigenvalue weighted by molar-refractivity contribution is 0.212. The molecule has 0 radical (unpaired) electrons. The van der Waals surface area contributed by atoms with E-state index in [2.05, 4.69) is 0 Å². The Hall–Kier alpha value is -0.780. The van der Waals surface area contributed by atoms with Crippen molar-refractivity contribution < 1.29 is 23.5 Å². The molecule has 114 valence electrons. The zero-order valence-electron chi connectivity index (χ0n) is 11.6. The molecule has 3 N–H and O–H groups in total. The highest BCUT2D eigenvalue weighted by Crippen LogP contribution is 2.59. The number of phenols is 1. The smallest absolute Gasteiger partial charge is 0.351 e. The van der Waals surface area contributed by atoms with Crippen molar-refractivity contribution in [1.82, 2.24) is 0 Å². The van der Waals surface area contributed by atoms with Crippen LogP contribution in [-0.2, 0) is 13.6 Å². The van der Waals surface area contributed by atoms with Crippen LogP contribution in [-0.4, -0.2) is 25.4 Å². The molecule has 0 spiro atoms. The third-order valence-corrected chi connectivity index (χ3v) is 5.07. The van der Waals surface area contributed by atoms with Gasteiger partial charge in [-0.3, -0.25) is 4.57 Å². The van der Waals surface area contributed by atoms with Crippen LogP contribution in [0.3, 0.4) is 0 Å². The van der Waals surface area contributed by atoms with Gasteiger partial charge in [0.1, 0.15) is 5.78 Å². The molecule has 1 aromatic rings. The molecule has 0 heterocycles. The Labute approximate surface area is 123 Å². The van der Waals surface area contributed by atoms with Crippen LogP contribution in [0.15, 0.2) is 12.1 Å². The summed E-state index contributed by atoms with van der Waals surface area (Å²) in [6.45, 7) is 3.80. The van der Waals surface area contributed by atoms with Crippen molar-refractivity contribution in [2.75, 3.05) is 20.3 Å². The third kappa shape index (κ3) is 3.65. The Morgan fingerprint density at radius 2 is 1.90 bits per heavy atom. The molecule has 0 aliphatic heterocycles. The lowest BCUT2D eigenvalue weighted by Gasteiger charge is -2.24. The van der Waals surface area contributed by atoms with E-state index in [1.807, 2.05) is 0 Å². The second-order valence-electron chi connectivity index (χ2n) is 3.87. The van der Waals surface area contributed by atoms with E-state index in [1.54, 1.807) is 13.8 Å². The Balaban J connectivity index is 3.21. The molecule has 0 amide bonds. The molecule has 6 nitrogen and oxygen atoms in total. The first-order chi connectivity index (χ1) is 9.39. The molecule has 0 unspecified atom stereocenters. The molecular weight excluding hydrogens is 305 g/mol. The number of aromatic hydroxyl groups is 1. The average Bonchev–Trinajstić information content (AvgIpc) is 2.41. The van der Waals surface area contributed by atoms with Gasteiger partial charge in [-0.25, -0.2) is 0 Å². The maximum Gasteiger partial charge on any atom is 0.351 e. The second-order valence-corrected chi connectivity index (χ2v) is 6.43. The first-order valence-electron chi connectivity index (χ1n) is 6.10. The van der Waals surface area contributed by atoms with Gasteiger partial charge in [0.15, 0.2) is 11.5 Å². The summed E-state index contributed by atoms with van der Waals surface area (Å²) in [6.07, 6.45) is 0. The molecule has 1 aromatic carbocycles. The molecule has 0 saturated heterocycles. The first kappa shape index (κ1) is 17.3. The van der Waals surface area contributed by atoms with Crippen LogP contribution in [0.1, 0.15) is 25.2 Å². The number of ether oxygens (including phenoxy) is 1. The van der Waals surface area contributed by atoms with Crippen LogP contribution < -0.4 is 10.5 Å². The van der Waals surface area contributed by atoms with Gasteiger partial charge >= 0.3 is 7.60 Å². The SMILES string of the molecule is CCOP(=O)(OCC)[C@@H](N)c1cc(Cl)c(O)c(OC)c1. The quantitative estimate of drug-likeness (QED) is 0.748. The molecule has 20 heavy (non-hydrogen) atoms. The van der Waals surface area contributed by atoms with E-state index in [-0.39, 0.29) is 29.7 Å². The molecule has 0 aliphatic rings. The normalized spacial score (nSPS) is 13.2. The van der Waals surface area contributed by atoms with E-state index in [1.165, 1.54) is 19.2 Å². The molecule has 1 atom stereocenters. The molecule has 0 bridgehead atoms. The lowest BCUT2D eigenvalue weighted by Crippen LogP contribution is -2.15. The third-order valence-electron chi connectivity index (χ3n) is 2.57. The summed E-state index contributed by atoms with van der Waals surface area (Å²) in [5, 5.41) is 9.73. The fraction of sp³-hybridized carbons (Fsp3) is 0.500. The fourth-order valence-corrected chi connectivity index (χ4v) is 3.51. The number of phenolic OH excluding ortho intramolecular Hbond substituents is 1. The van der Waals surface area contributed by atoms with Gasteiger partial charge in [-0.15, -0.1) is 0 Å². The first-order valence-corrected chi connectivity index (χ1v) is 8.09. The van der Waals surface area contributed by atoms with Crippen LogP contribution in [0.4, 0.5) is 0 Å². The van der Waals surface area contributed by atoms with Crippen molar-refractivity contribution in [2.24, 2.45) is 5.73 Å². The van der Waals surface area contributed by atoms with Crippen molar-refractivity contribution in [3.8, 4) is 11.5 Å². The topological polar surface area (TPSA) is 91.0 Å². The monoisotopic (exact) mass is 323 g/mol. The molecule has 0 aliphatic carbocycles. The largest absolute Gasteiger partial charge is 0.503 e. The van der Waals surface area contributed by atoms with E-state index in [0.29, 0.717) is 5.56 Å². The second kappa shape index (κ2) is 7.29. The average molecular weight is 324 g/mol. The molecular formula is C12H19ClNO5P. The van der Waals surface area contributed by atoms with E-state index in [0.717, 1.165) is 0 Å². The summed E-state index contributed by atoms with van der Waals surface area (Å²) >= 11 is 5.89. The van der Waals surface area contributed by atoms with Crippen LogP contribution in [0.25, 0.3) is 0 Å². The summed E-state index contributed by atoms with van der Waals surface area (Å²) in [6, 6.07) is 2.87. The maximum atomic E-state index is 12.6. The van der Waals surface area contributed by atoms with Crippen molar-refractivity contribution in [3.05, 3.63) is 22.7 Å². The van der Waals surface area contributed by atoms with Crippen molar-refractivity contribution in [1.29, 1.82) is 0 Å². The molecule has 1 rings (SSSR count). The minimum atomic E-state index is -3.52. The van der Waals surface area contributed by atoms with Crippen LogP contribution in [0.5, 0.6) is 11.5 Å². The number of halogens is 1. The zero-order valence-corrected chi connectivity index (χ0v) is 13.3. The lowest BCUT2D eigenvalue weighted by atomic mass is 10.2. The Morgan fingerprint density at radius 3 is 2.35 bits per heavy atom. The summed E-state index contributed by atoms with van der Waals surface area (Å²) in [5.41, 5.74) is 6.38. The number of hydrogen-bond donors (Lipinski definition) is 2. The summed E-state index contributed by atoms with van der Waals surface area (Å²) in [5.74, 6) is -1.08. The van der Waals surface area contributed by atoms with Gasteiger partial charge in [-0.1, -0.05) is 11.6 Å². The Bertz CT molecular complexity index is 501. The predicted molar refractivity (Wildman–Crippen MR) is 77.5 cm³/mol. The Morgan fingerprint density at radius 1 is 1.35 bits per heavy atom. The number of rotatable bonds is 7. The highest BCUT2D eigenvalue weighted by Gasteiger charge is 2.34. The number of benzene rings is 1. The molecule has 0 fully saturated rings. The van der Waals surface area contributed by atoms with E-state index in [9.17, 15) is 9.67 Å². The van der Waals surface area contributed by atoms with Gasteiger partial charge < -0.3 is 24.6 Å². The zero-order chi connectivity index (χ0) is 15.3. The van der Waals surface area contributed by atoms with Gasteiger partial charge in [0.25, 0.3) is 0 Å². The van der Waals surface area contributed by atoms with Crippen LogP contribution in [0.2, 0.25) is 5.02 Å². The van der Waals surface area contributed by atoms with Crippen LogP contribution in [0, 0.1) is 0 Å². The van der Waals surface area contributed by atoms with E-state index >= 15 is 0 Å². The number of hydrogen-bond acceptors (Lipinski definition) is 6. The van der Waals surface area contributed by atoms with E-state index in [4.69, 9.17) is 31.1 Å². The minimum absolute atomic E-state index is 0.0503. The highest BCUT2D eigenvalue weighted by atomic mass is 35.5. The highest BCUT2D eigenvalue weighted by molar-refractivity contribution is 7.54. The maximum absolute atomic E-state index is 12.6. The molecule has 8 heteroatoms. The summed E-state index contributed by atoms with van der Waals surface area (Å²) in [4.78, 5) is 0. The van der Waals surface area contributed by atoms with Gasteiger partial charge in [-0.05, 0) is 31.5 Å². The molecule has 0 saturated carbocycles. The molecule has 0 aromatic heterocycles. The van der Waals surface area contributed by atoms with Crippen LogP contribution >= 0.6 is 19.2 Å². The summed E-state index contributed by atoms with van der Waals surface area (Å²) < 4.78 is 28.0. The van der Waals surface area contributed by atoms with Gasteiger partial charge in [0.2, 0.25) is 0 Å². The number of nitrogens with two attached hydrogens (primary N) is 1. The van der Waals surface area contributed by atoms with Gasteiger partial charge in [0, 0.05) is 0 Å². The van der Waals surface area contributed by atoms with Crippen molar-refractivity contribution in [3.63, 3.8) is 0 Å². The summed E-state index contributed by atoms with van der Waals surface area (Å²) in [7, 11) is -2.14. The fourth-order valence-electron chi connectivity index (χ4n) is 1.66. The van der Waals surface area contributed by atoms with Gasteiger partial charge in [0.05, 0.1) is 25.3 Å². The minimum Gasteiger partial charge on any atom is -0.503 e. The predicted octanol–water partition coefficient (Wildman–Crippen LogP) is 3.28. The van der Waals surface area contributed by atoms with Gasteiger partial charge in [-0.2, -0.15) is 0 Å². The van der Waals surface area contributed by atoms with E-state index < -0.39 is 13.4 Å². The van der Waals surface area contributed by atoms with Crippen molar-refractivity contribution >= 4 is 19.2 Å². The Kier molecular flexibility index (Phi) is 6.30. The number of methoxy groups -OCH3 is 1.